The molecule has 1 aromatic heterocycles. The second-order valence-corrected chi connectivity index (χ2v) is 9.05. The molecule has 2 N–H and O–H groups in total. The molecule has 0 bridgehead atoms. The molecule has 0 aliphatic carbocycles. The molecule has 3 rings (SSSR count). The van der Waals surface area contributed by atoms with Crippen molar-refractivity contribution in [2.45, 2.75) is 23.4 Å². The van der Waals surface area contributed by atoms with Gasteiger partial charge in [-0.2, -0.15) is 0 Å². The minimum atomic E-state index is -3.25. The van der Waals surface area contributed by atoms with Gasteiger partial charge in [-0.1, -0.05) is 59.8 Å². The molecule has 0 aliphatic rings. The summed E-state index contributed by atoms with van der Waals surface area (Å²) in [5.41, 5.74) is 2.05. The highest BCUT2D eigenvalue weighted by atomic mass is 32.2. The van der Waals surface area contributed by atoms with Crippen molar-refractivity contribution in [2.75, 3.05) is 17.3 Å². The smallest absolute Gasteiger partial charge is 0.210 e. The van der Waals surface area contributed by atoms with Crippen LogP contribution in [0, 0.1) is 6.92 Å². The van der Waals surface area contributed by atoms with Gasteiger partial charge in [0.2, 0.25) is 5.16 Å². The molecule has 0 amide bonds. The van der Waals surface area contributed by atoms with Crippen LogP contribution in [0.3, 0.4) is 0 Å². The number of aromatic nitrogens is 3. The van der Waals surface area contributed by atoms with Crippen molar-refractivity contribution in [3.8, 4) is 11.4 Å². The van der Waals surface area contributed by atoms with Crippen molar-refractivity contribution in [2.24, 2.45) is 0 Å². The lowest BCUT2D eigenvalue weighted by atomic mass is 10.1. The highest BCUT2D eigenvalue weighted by Crippen LogP contribution is 2.23. The van der Waals surface area contributed by atoms with Gasteiger partial charge in [0.15, 0.2) is 15.7 Å². The van der Waals surface area contributed by atoms with Gasteiger partial charge in [0, 0.05) is 11.3 Å². The molecule has 0 saturated carbocycles. The van der Waals surface area contributed by atoms with Crippen LogP contribution in [0.4, 0.5) is 0 Å². The van der Waals surface area contributed by atoms with Gasteiger partial charge < -0.3 is 5.84 Å². The van der Waals surface area contributed by atoms with Crippen LogP contribution in [0.2, 0.25) is 0 Å². The second-order valence-electron chi connectivity index (χ2n) is 5.88. The molecule has 0 fully saturated rings. The van der Waals surface area contributed by atoms with Crippen molar-refractivity contribution in [1.82, 2.24) is 14.9 Å². The summed E-state index contributed by atoms with van der Waals surface area (Å²) in [6.45, 7) is 2.02. The Morgan fingerprint density at radius 2 is 1.73 bits per heavy atom. The van der Waals surface area contributed by atoms with E-state index in [1.54, 1.807) is 30.3 Å². The third-order valence-corrected chi connectivity index (χ3v) is 6.71. The van der Waals surface area contributed by atoms with Crippen molar-refractivity contribution in [1.29, 1.82) is 0 Å². The zero-order valence-electron chi connectivity index (χ0n) is 14.4. The SMILES string of the molecule is Cc1ccc(-c2nnc(SCCCS(=O)(=O)c3ccccc3)n2N)cc1. The summed E-state index contributed by atoms with van der Waals surface area (Å²) in [7, 11) is -3.25. The average molecular weight is 389 g/mol. The van der Waals surface area contributed by atoms with E-state index in [0.717, 1.165) is 11.1 Å². The number of benzene rings is 2. The van der Waals surface area contributed by atoms with E-state index < -0.39 is 9.84 Å². The molecule has 26 heavy (non-hydrogen) atoms. The van der Waals surface area contributed by atoms with Gasteiger partial charge in [0.05, 0.1) is 10.6 Å². The lowest BCUT2D eigenvalue weighted by Gasteiger charge is -2.05. The van der Waals surface area contributed by atoms with E-state index in [4.69, 9.17) is 5.84 Å². The molecule has 8 heteroatoms. The van der Waals surface area contributed by atoms with Crippen molar-refractivity contribution >= 4 is 21.6 Å². The average Bonchev–Trinajstić information content (AvgIpc) is 3.01. The van der Waals surface area contributed by atoms with Gasteiger partial charge in [-0.05, 0) is 25.5 Å². The number of aryl methyl sites for hydroxylation is 1. The van der Waals surface area contributed by atoms with E-state index in [1.165, 1.54) is 16.4 Å². The van der Waals surface area contributed by atoms with Gasteiger partial charge in [0.1, 0.15) is 0 Å². The molecule has 0 radical (unpaired) electrons. The molecule has 0 spiro atoms. The van der Waals surface area contributed by atoms with Crippen LogP contribution in [0.25, 0.3) is 11.4 Å². The Bertz CT molecular complexity index is 968. The molecule has 6 nitrogen and oxygen atoms in total. The van der Waals surface area contributed by atoms with E-state index in [9.17, 15) is 8.42 Å². The van der Waals surface area contributed by atoms with Crippen molar-refractivity contribution in [3.63, 3.8) is 0 Å². The number of nitrogen functional groups attached to an aromatic ring is 1. The molecule has 2 aromatic carbocycles. The number of nitrogens with zero attached hydrogens (tertiary/aromatic N) is 3. The third-order valence-electron chi connectivity index (χ3n) is 3.87. The van der Waals surface area contributed by atoms with Gasteiger partial charge in [0.25, 0.3) is 0 Å². The molecule has 0 aliphatic heterocycles. The minimum absolute atomic E-state index is 0.0908. The predicted octanol–water partition coefficient (Wildman–Crippen LogP) is 2.92. The van der Waals surface area contributed by atoms with Crippen LogP contribution >= 0.6 is 11.8 Å². The number of nitrogens with two attached hydrogens (primary N) is 1. The summed E-state index contributed by atoms with van der Waals surface area (Å²) >= 11 is 1.40. The van der Waals surface area contributed by atoms with Crippen LogP contribution in [-0.4, -0.2) is 34.8 Å². The maximum absolute atomic E-state index is 12.3. The first-order valence-electron chi connectivity index (χ1n) is 8.15. The Balaban J connectivity index is 1.58. The fraction of sp³-hybridized carbons (Fsp3) is 0.222. The summed E-state index contributed by atoms with van der Waals surface area (Å²) in [5, 5.41) is 8.82. The molecule has 3 aromatic rings. The van der Waals surface area contributed by atoms with Gasteiger partial charge in [-0.25, -0.2) is 13.1 Å². The number of thioether (sulfide) groups is 1. The number of hydrogen-bond acceptors (Lipinski definition) is 6. The number of sulfone groups is 1. The lowest BCUT2D eigenvalue weighted by Crippen LogP contribution is -2.12. The van der Waals surface area contributed by atoms with E-state index in [0.29, 0.717) is 28.0 Å². The summed E-state index contributed by atoms with van der Waals surface area (Å²) in [6.07, 6.45) is 0.509. The molecule has 0 saturated heterocycles. The maximum Gasteiger partial charge on any atom is 0.210 e. The van der Waals surface area contributed by atoms with Crippen LogP contribution in [0.15, 0.2) is 64.6 Å². The lowest BCUT2D eigenvalue weighted by molar-refractivity contribution is 0.595. The molecular formula is C18H20N4O2S2. The Morgan fingerprint density at radius 1 is 1.04 bits per heavy atom. The molecule has 0 unspecified atom stereocenters. The highest BCUT2D eigenvalue weighted by molar-refractivity contribution is 7.99. The van der Waals surface area contributed by atoms with E-state index in [-0.39, 0.29) is 5.75 Å². The van der Waals surface area contributed by atoms with E-state index in [1.807, 2.05) is 31.2 Å². The summed E-state index contributed by atoms with van der Waals surface area (Å²) < 4.78 is 26.0. The first kappa shape index (κ1) is 18.5. The van der Waals surface area contributed by atoms with Crippen LogP contribution in [-0.2, 0) is 9.84 Å². The molecule has 136 valence electrons. The largest absolute Gasteiger partial charge is 0.335 e. The van der Waals surface area contributed by atoms with Crippen LogP contribution in [0.1, 0.15) is 12.0 Å². The summed E-state index contributed by atoms with van der Waals surface area (Å²) in [5.74, 6) is 7.36. The zero-order chi connectivity index (χ0) is 18.6. The monoisotopic (exact) mass is 388 g/mol. The maximum atomic E-state index is 12.3. The van der Waals surface area contributed by atoms with Gasteiger partial charge in [-0.3, -0.25) is 0 Å². The molecule has 0 atom stereocenters. The molecule has 1 heterocycles. The fourth-order valence-electron chi connectivity index (χ4n) is 2.43. The summed E-state index contributed by atoms with van der Waals surface area (Å²) in [4.78, 5) is 0.355. The standard InChI is InChI=1S/C18H20N4O2S2/c1-14-8-10-15(11-9-14)17-20-21-18(22(17)19)25-12-5-13-26(23,24)16-6-3-2-4-7-16/h2-4,6-11H,5,12-13,19H2,1H3. The minimum Gasteiger partial charge on any atom is -0.335 e. The van der Waals surface area contributed by atoms with Crippen LogP contribution < -0.4 is 5.84 Å². The topological polar surface area (TPSA) is 90.9 Å². The Kier molecular flexibility index (Phi) is 5.63. The van der Waals surface area contributed by atoms with Gasteiger partial charge in [-0.15, -0.1) is 10.2 Å². The predicted molar refractivity (Wildman–Crippen MR) is 104 cm³/mol. The summed E-state index contributed by atoms with van der Waals surface area (Å²) in [6, 6.07) is 16.4. The fourth-order valence-corrected chi connectivity index (χ4v) is 4.74. The van der Waals surface area contributed by atoms with Crippen LogP contribution in [0.5, 0.6) is 0 Å². The quantitative estimate of drug-likeness (QED) is 0.380. The second kappa shape index (κ2) is 7.92. The normalized spacial score (nSPS) is 11.6. The first-order chi connectivity index (χ1) is 12.5. The number of rotatable bonds is 7. The Morgan fingerprint density at radius 3 is 2.42 bits per heavy atom. The van der Waals surface area contributed by atoms with E-state index in [2.05, 4.69) is 10.2 Å². The van der Waals surface area contributed by atoms with Crippen molar-refractivity contribution in [3.05, 3.63) is 60.2 Å². The van der Waals surface area contributed by atoms with Gasteiger partial charge >= 0.3 is 0 Å². The Labute approximate surface area is 157 Å². The van der Waals surface area contributed by atoms with Crippen molar-refractivity contribution < 1.29 is 8.42 Å². The Hall–Kier alpha value is -2.32. The van der Waals surface area contributed by atoms with E-state index >= 15 is 0 Å². The molecular weight excluding hydrogens is 368 g/mol. The zero-order valence-corrected chi connectivity index (χ0v) is 16.0. The third kappa shape index (κ3) is 4.25. The number of hydrogen-bond donors (Lipinski definition) is 1. The highest BCUT2D eigenvalue weighted by Gasteiger charge is 2.15. The first-order valence-corrected chi connectivity index (χ1v) is 10.8.